The number of hydrogen-bond donors (Lipinski definition) is 0. The maximum atomic E-state index is 11.5. The molecule has 0 saturated heterocycles. The fourth-order valence-electron chi connectivity index (χ4n) is 1.64. The minimum absolute atomic E-state index is 0.193. The Hall–Kier alpha value is -0.380. The second-order valence-corrected chi connectivity index (χ2v) is 4.52. The third-order valence-corrected chi connectivity index (χ3v) is 2.98. The number of Topliss-reactive ketones (excluding diaryl/α,β-unsaturated/α-hetero) is 1. The van der Waals surface area contributed by atoms with Gasteiger partial charge in [-0.1, -0.05) is 13.0 Å². The summed E-state index contributed by atoms with van der Waals surface area (Å²) in [6, 6.07) is 6.12. The number of fused-ring (bicyclic) bond motifs is 1. The Morgan fingerprint density at radius 1 is 1.50 bits per heavy atom. The van der Waals surface area contributed by atoms with Gasteiger partial charge in [0.2, 0.25) is 0 Å². The van der Waals surface area contributed by atoms with Crippen LogP contribution in [0.5, 0.6) is 0 Å². The summed E-state index contributed by atoms with van der Waals surface area (Å²) in [6.45, 7) is 2.00. The lowest BCUT2D eigenvalue weighted by Gasteiger charge is -1.96. The summed E-state index contributed by atoms with van der Waals surface area (Å²) >= 11 is 2.24. The number of rotatable bonds is 0. The molecule has 1 atom stereocenters. The molecule has 0 aliphatic heterocycles. The fourth-order valence-corrected chi connectivity index (χ4v) is 2.14. The first kappa shape index (κ1) is 8.23. The van der Waals surface area contributed by atoms with Crippen LogP contribution in [0.4, 0.5) is 0 Å². The zero-order valence-corrected chi connectivity index (χ0v) is 8.96. The van der Waals surface area contributed by atoms with E-state index in [-0.39, 0.29) is 5.92 Å². The molecule has 0 spiro atoms. The predicted molar refractivity (Wildman–Crippen MR) is 56.4 cm³/mol. The molecule has 0 bridgehead atoms. The fraction of sp³-hybridized carbons (Fsp3) is 0.300. The molecule has 62 valence electrons. The highest BCUT2D eigenvalue weighted by molar-refractivity contribution is 14.1. The summed E-state index contributed by atoms with van der Waals surface area (Å²) in [5.74, 6) is 0.502. The van der Waals surface area contributed by atoms with E-state index in [1.807, 2.05) is 13.0 Å². The minimum atomic E-state index is 0.193. The van der Waals surface area contributed by atoms with Crippen molar-refractivity contribution in [1.82, 2.24) is 0 Å². The van der Waals surface area contributed by atoms with Crippen LogP contribution in [0, 0.1) is 9.49 Å². The predicted octanol–water partition coefficient (Wildman–Crippen LogP) is 2.67. The summed E-state index contributed by atoms with van der Waals surface area (Å²) in [6.07, 6.45) is 0.922. The normalized spacial score (nSPS) is 21.2. The summed E-state index contributed by atoms with van der Waals surface area (Å²) in [5.41, 5.74) is 2.15. The van der Waals surface area contributed by atoms with Gasteiger partial charge in [-0.25, -0.2) is 0 Å². The molecule has 1 nitrogen and oxygen atoms in total. The average Bonchev–Trinajstić information content (AvgIpc) is 2.31. The number of hydrogen-bond acceptors (Lipinski definition) is 1. The first-order valence-corrected chi connectivity index (χ1v) is 5.09. The van der Waals surface area contributed by atoms with Crippen molar-refractivity contribution in [1.29, 1.82) is 0 Å². The molecule has 2 rings (SSSR count). The lowest BCUT2D eigenvalue weighted by molar-refractivity contribution is 0.0946. The molecule has 0 aromatic heterocycles. The first-order valence-electron chi connectivity index (χ1n) is 4.01. The lowest BCUT2D eigenvalue weighted by atomic mass is 10.1. The highest BCUT2D eigenvalue weighted by Crippen LogP contribution is 2.27. The molecule has 1 aliphatic carbocycles. The smallest absolute Gasteiger partial charge is 0.166 e. The zero-order chi connectivity index (χ0) is 8.72. The van der Waals surface area contributed by atoms with Crippen LogP contribution in [0.3, 0.4) is 0 Å². The van der Waals surface area contributed by atoms with Crippen LogP contribution in [0.1, 0.15) is 22.8 Å². The van der Waals surface area contributed by atoms with Crippen molar-refractivity contribution in [2.75, 3.05) is 0 Å². The number of ketones is 1. The molecule has 0 amide bonds. The van der Waals surface area contributed by atoms with Crippen LogP contribution >= 0.6 is 22.6 Å². The van der Waals surface area contributed by atoms with Gasteiger partial charge in [-0.2, -0.15) is 0 Å². The quantitative estimate of drug-likeness (QED) is 0.663. The SMILES string of the molecule is CC1Cc2ccc(I)cc2C1=O. The summed E-state index contributed by atoms with van der Waals surface area (Å²) < 4.78 is 1.15. The van der Waals surface area contributed by atoms with Crippen LogP contribution in [0.25, 0.3) is 0 Å². The average molecular weight is 272 g/mol. The van der Waals surface area contributed by atoms with Crippen LogP contribution < -0.4 is 0 Å². The minimum Gasteiger partial charge on any atom is -0.294 e. The molecular formula is C10H9IO. The Kier molecular flexibility index (Phi) is 1.94. The van der Waals surface area contributed by atoms with Crippen molar-refractivity contribution in [3.05, 3.63) is 32.9 Å². The molecule has 0 heterocycles. The molecule has 2 heteroatoms. The first-order chi connectivity index (χ1) is 5.68. The number of carbonyl (C=O) groups is 1. The highest BCUT2D eigenvalue weighted by atomic mass is 127. The van der Waals surface area contributed by atoms with Gasteiger partial charge in [0.1, 0.15) is 0 Å². The van der Waals surface area contributed by atoms with E-state index < -0.39 is 0 Å². The van der Waals surface area contributed by atoms with Gasteiger partial charge in [0.15, 0.2) is 5.78 Å². The van der Waals surface area contributed by atoms with Gasteiger partial charge in [0.25, 0.3) is 0 Å². The highest BCUT2D eigenvalue weighted by Gasteiger charge is 2.26. The molecule has 1 aromatic carbocycles. The van der Waals surface area contributed by atoms with E-state index in [4.69, 9.17) is 0 Å². The standard InChI is InChI=1S/C10H9IO/c1-6-4-7-2-3-8(11)5-9(7)10(6)12/h2-3,5-6H,4H2,1H3. The Balaban J connectivity index is 2.56. The van der Waals surface area contributed by atoms with Crippen LogP contribution in [-0.4, -0.2) is 5.78 Å². The van der Waals surface area contributed by atoms with Gasteiger partial charge >= 0.3 is 0 Å². The molecule has 0 N–H and O–H groups in total. The zero-order valence-electron chi connectivity index (χ0n) is 6.80. The Labute approximate surface area is 85.3 Å². The molecule has 0 saturated carbocycles. The van der Waals surface area contributed by atoms with Gasteiger partial charge in [0, 0.05) is 15.1 Å². The van der Waals surface area contributed by atoms with Gasteiger partial charge in [0.05, 0.1) is 0 Å². The molecule has 1 aliphatic rings. The van der Waals surface area contributed by atoms with Crippen LogP contribution in [0.15, 0.2) is 18.2 Å². The molecule has 0 fully saturated rings. The maximum Gasteiger partial charge on any atom is 0.166 e. The van der Waals surface area contributed by atoms with Crippen molar-refractivity contribution in [2.45, 2.75) is 13.3 Å². The van der Waals surface area contributed by atoms with E-state index in [2.05, 4.69) is 34.7 Å². The van der Waals surface area contributed by atoms with E-state index in [0.717, 1.165) is 15.6 Å². The van der Waals surface area contributed by atoms with E-state index in [1.165, 1.54) is 5.56 Å². The third kappa shape index (κ3) is 1.18. The van der Waals surface area contributed by atoms with Crippen molar-refractivity contribution < 1.29 is 4.79 Å². The molecular weight excluding hydrogens is 263 g/mol. The van der Waals surface area contributed by atoms with E-state index in [9.17, 15) is 4.79 Å². The van der Waals surface area contributed by atoms with Gasteiger partial charge in [-0.3, -0.25) is 4.79 Å². The van der Waals surface area contributed by atoms with E-state index >= 15 is 0 Å². The summed E-state index contributed by atoms with van der Waals surface area (Å²) in [4.78, 5) is 11.5. The Morgan fingerprint density at radius 3 is 3.00 bits per heavy atom. The maximum absolute atomic E-state index is 11.5. The largest absolute Gasteiger partial charge is 0.294 e. The summed E-state index contributed by atoms with van der Waals surface area (Å²) in [5, 5.41) is 0. The Bertz CT molecular complexity index is 344. The monoisotopic (exact) mass is 272 g/mol. The van der Waals surface area contributed by atoms with Gasteiger partial charge < -0.3 is 0 Å². The second kappa shape index (κ2) is 2.83. The number of carbonyl (C=O) groups excluding carboxylic acids is 1. The van der Waals surface area contributed by atoms with Crippen LogP contribution in [-0.2, 0) is 6.42 Å². The molecule has 12 heavy (non-hydrogen) atoms. The van der Waals surface area contributed by atoms with Crippen molar-refractivity contribution >= 4 is 28.4 Å². The molecule has 0 radical (unpaired) electrons. The molecule has 1 aromatic rings. The van der Waals surface area contributed by atoms with E-state index in [0.29, 0.717) is 5.78 Å². The second-order valence-electron chi connectivity index (χ2n) is 3.27. The van der Waals surface area contributed by atoms with Crippen LogP contribution in [0.2, 0.25) is 0 Å². The topological polar surface area (TPSA) is 17.1 Å². The number of halogens is 1. The molecule has 1 unspecified atom stereocenters. The van der Waals surface area contributed by atoms with Gasteiger partial charge in [-0.05, 0) is 46.7 Å². The lowest BCUT2D eigenvalue weighted by Crippen LogP contribution is -2.02. The summed E-state index contributed by atoms with van der Waals surface area (Å²) in [7, 11) is 0. The Morgan fingerprint density at radius 2 is 2.25 bits per heavy atom. The van der Waals surface area contributed by atoms with Crippen molar-refractivity contribution in [3.63, 3.8) is 0 Å². The number of benzene rings is 1. The third-order valence-electron chi connectivity index (χ3n) is 2.31. The van der Waals surface area contributed by atoms with Gasteiger partial charge in [-0.15, -0.1) is 0 Å². The van der Waals surface area contributed by atoms with Crippen molar-refractivity contribution in [2.24, 2.45) is 5.92 Å². The van der Waals surface area contributed by atoms with E-state index in [1.54, 1.807) is 0 Å². The van der Waals surface area contributed by atoms with Crippen molar-refractivity contribution in [3.8, 4) is 0 Å².